The third-order valence-electron chi connectivity index (χ3n) is 3.92. The van der Waals surface area contributed by atoms with Crippen molar-refractivity contribution in [3.63, 3.8) is 0 Å². The van der Waals surface area contributed by atoms with Crippen LogP contribution in [0.3, 0.4) is 0 Å². The van der Waals surface area contributed by atoms with Crippen LogP contribution < -0.4 is 9.47 Å². The fourth-order valence-electron chi connectivity index (χ4n) is 2.80. The van der Waals surface area contributed by atoms with E-state index in [1.54, 1.807) is 14.2 Å². The van der Waals surface area contributed by atoms with E-state index in [1.807, 2.05) is 12.1 Å². The monoisotopic (exact) mass is 265 g/mol. The average Bonchev–Trinajstić information content (AvgIpc) is 2.94. The lowest BCUT2D eigenvalue weighted by molar-refractivity contribution is 0.236. The van der Waals surface area contributed by atoms with Crippen molar-refractivity contribution in [2.45, 2.75) is 38.3 Å². The van der Waals surface area contributed by atoms with Gasteiger partial charge in [0.25, 0.3) is 0 Å². The van der Waals surface area contributed by atoms with Crippen molar-refractivity contribution >= 4 is 0 Å². The van der Waals surface area contributed by atoms with Crippen LogP contribution in [-0.2, 0) is 6.54 Å². The van der Waals surface area contributed by atoms with Crippen LogP contribution in [0.15, 0.2) is 12.1 Å². The zero-order valence-corrected chi connectivity index (χ0v) is 12.0. The minimum atomic E-state index is 0.0669. The lowest BCUT2D eigenvalue weighted by Crippen LogP contribution is -2.28. The number of phenolic OH excluding ortho intramolecular Hbond substituents is 1. The van der Waals surface area contributed by atoms with Crippen LogP contribution >= 0.6 is 0 Å². The molecule has 1 aliphatic carbocycles. The van der Waals surface area contributed by atoms with Crippen LogP contribution in [0, 0.1) is 0 Å². The van der Waals surface area contributed by atoms with Crippen molar-refractivity contribution in [1.82, 2.24) is 4.90 Å². The van der Waals surface area contributed by atoms with Crippen LogP contribution in [0.4, 0.5) is 0 Å². The minimum Gasteiger partial charge on any atom is -0.502 e. The predicted octanol–water partition coefficient (Wildman–Crippen LogP) is 2.78. The van der Waals surface area contributed by atoms with Crippen molar-refractivity contribution < 1.29 is 14.6 Å². The van der Waals surface area contributed by atoms with E-state index in [1.165, 1.54) is 25.7 Å². The normalized spacial score (nSPS) is 16.0. The van der Waals surface area contributed by atoms with E-state index in [0.29, 0.717) is 17.5 Å². The lowest BCUT2D eigenvalue weighted by Gasteiger charge is -2.24. The minimum absolute atomic E-state index is 0.0669. The summed E-state index contributed by atoms with van der Waals surface area (Å²) in [5, 5.41) is 9.90. The molecule has 0 radical (unpaired) electrons. The third-order valence-corrected chi connectivity index (χ3v) is 3.92. The SMILES string of the molecule is COc1cc(CN(C)C2CCCC2)cc(OC)c1O. The third kappa shape index (κ3) is 3.13. The van der Waals surface area contributed by atoms with Crippen LogP contribution in [0.5, 0.6) is 17.2 Å². The first-order chi connectivity index (χ1) is 9.15. The van der Waals surface area contributed by atoms with Gasteiger partial charge >= 0.3 is 0 Å². The number of nitrogens with zero attached hydrogens (tertiary/aromatic N) is 1. The van der Waals surface area contributed by atoms with Crippen LogP contribution in [-0.4, -0.2) is 37.3 Å². The highest BCUT2D eigenvalue weighted by molar-refractivity contribution is 5.52. The summed E-state index contributed by atoms with van der Waals surface area (Å²) in [7, 11) is 5.26. The van der Waals surface area contributed by atoms with E-state index in [0.717, 1.165) is 12.1 Å². The van der Waals surface area contributed by atoms with Gasteiger partial charge in [-0.05, 0) is 37.6 Å². The summed E-state index contributed by atoms with van der Waals surface area (Å²) in [5.41, 5.74) is 1.10. The number of aromatic hydroxyl groups is 1. The molecule has 1 aromatic carbocycles. The molecule has 0 spiro atoms. The van der Waals surface area contributed by atoms with Gasteiger partial charge in [0.2, 0.25) is 5.75 Å². The van der Waals surface area contributed by atoms with Crippen molar-refractivity contribution in [2.75, 3.05) is 21.3 Å². The Morgan fingerprint density at radius 2 is 1.68 bits per heavy atom. The molecule has 1 N–H and O–H groups in total. The molecule has 0 saturated heterocycles. The highest BCUT2D eigenvalue weighted by Gasteiger charge is 2.20. The van der Waals surface area contributed by atoms with E-state index in [9.17, 15) is 5.11 Å². The molecule has 0 bridgehead atoms. The summed E-state index contributed by atoms with van der Waals surface area (Å²) in [6.07, 6.45) is 5.22. The van der Waals surface area contributed by atoms with Gasteiger partial charge < -0.3 is 14.6 Å². The molecule has 1 aliphatic rings. The highest BCUT2D eigenvalue weighted by atomic mass is 16.5. The molecule has 0 aromatic heterocycles. The fourth-order valence-corrected chi connectivity index (χ4v) is 2.80. The standard InChI is InChI=1S/C15H23NO3/c1-16(12-6-4-5-7-12)10-11-8-13(18-2)15(17)14(9-11)19-3/h8-9,12,17H,4-7,10H2,1-3H3. The van der Waals surface area contributed by atoms with Gasteiger partial charge in [-0.1, -0.05) is 12.8 Å². The van der Waals surface area contributed by atoms with E-state index in [4.69, 9.17) is 9.47 Å². The summed E-state index contributed by atoms with van der Waals surface area (Å²) in [6.45, 7) is 0.845. The smallest absolute Gasteiger partial charge is 0.200 e. The van der Waals surface area contributed by atoms with Gasteiger partial charge in [-0.2, -0.15) is 0 Å². The predicted molar refractivity (Wildman–Crippen MR) is 74.9 cm³/mol. The van der Waals surface area contributed by atoms with Gasteiger partial charge in [-0.3, -0.25) is 4.90 Å². The Balaban J connectivity index is 2.15. The Morgan fingerprint density at radius 3 is 2.16 bits per heavy atom. The summed E-state index contributed by atoms with van der Waals surface area (Å²) >= 11 is 0. The first kappa shape index (κ1) is 14.0. The van der Waals surface area contributed by atoms with Gasteiger partial charge in [-0.25, -0.2) is 0 Å². The summed E-state index contributed by atoms with van der Waals surface area (Å²) < 4.78 is 10.4. The van der Waals surface area contributed by atoms with Crippen LogP contribution in [0.1, 0.15) is 31.2 Å². The van der Waals surface area contributed by atoms with Crippen molar-refractivity contribution in [2.24, 2.45) is 0 Å². The van der Waals surface area contributed by atoms with Gasteiger partial charge in [0.05, 0.1) is 14.2 Å². The maximum absolute atomic E-state index is 9.90. The maximum atomic E-state index is 9.90. The summed E-state index contributed by atoms with van der Waals surface area (Å²) in [6, 6.07) is 4.43. The molecule has 1 fully saturated rings. The van der Waals surface area contributed by atoms with E-state index in [-0.39, 0.29) is 5.75 Å². The maximum Gasteiger partial charge on any atom is 0.200 e. The molecule has 0 heterocycles. The Morgan fingerprint density at radius 1 is 1.16 bits per heavy atom. The zero-order valence-electron chi connectivity index (χ0n) is 12.0. The van der Waals surface area contributed by atoms with E-state index >= 15 is 0 Å². The first-order valence-electron chi connectivity index (χ1n) is 6.79. The number of methoxy groups -OCH3 is 2. The Labute approximate surface area is 114 Å². The number of hydrogen-bond donors (Lipinski definition) is 1. The average molecular weight is 265 g/mol. The molecule has 4 heteroatoms. The number of phenols is 1. The van der Waals surface area contributed by atoms with Gasteiger partial charge in [0, 0.05) is 12.6 Å². The van der Waals surface area contributed by atoms with Crippen molar-refractivity contribution in [3.8, 4) is 17.2 Å². The van der Waals surface area contributed by atoms with Gasteiger partial charge in [-0.15, -0.1) is 0 Å². The molecular formula is C15H23NO3. The topological polar surface area (TPSA) is 41.9 Å². The quantitative estimate of drug-likeness (QED) is 0.889. The Hall–Kier alpha value is -1.42. The number of hydrogen-bond acceptors (Lipinski definition) is 4. The van der Waals surface area contributed by atoms with Crippen LogP contribution in [0.2, 0.25) is 0 Å². The molecule has 1 saturated carbocycles. The Kier molecular flexibility index (Phi) is 4.53. The number of benzene rings is 1. The molecule has 1 aromatic rings. The van der Waals surface area contributed by atoms with E-state index in [2.05, 4.69) is 11.9 Å². The van der Waals surface area contributed by atoms with Crippen molar-refractivity contribution in [1.29, 1.82) is 0 Å². The number of ether oxygens (including phenoxy) is 2. The molecule has 4 nitrogen and oxygen atoms in total. The molecule has 106 valence electrons. The second-order valence-corrected chi connectivity index (χ2v) is 5.20. The first-order valence-corrected chi connectivity index (χ1v) is 6.79. The molecule has 2 rings (SSSR count). The zero-order chi connectivity index (χ0) is 13.8. The fraction of sp³-hybridized carbons (Fsp3) is 0.600. The van der Waals surface area contributed by atoms with Crippen molar-refractivity contribution in [3.05, 3.63) is 17.7 Å². The largest absolute Gasteiger partial charge is 0.502 e. The van der Waals surface area contributed by atoms with Gasteiger partial charge in [0.15, 0.2) is 11.5 Å². The molecule has 0 amide bonds. The Bertz CT molecular complexity index is 402. The highest BCUT2D eigenvalue weighted by Crippen LogP contribution is 2.37. The molecular weight excluding hydrogens is 242 g/mol. The second kappa shape index (κ2) is 6.15. The van der Waals surface area contributed by atoms with E-state index < -0.39 is 0 Å². The molecule has 0 aliphatic heterocycles. The second-order valence-electron chi connectivity index (χ2n) is 5.20. The molecule has 0 atom stereocenters. The summed E-state index contributed by atoms with van der Waals surface area (Å²) in [4.78, 5) is 2.37. The summed E-state index contributed by atoms with van der Waals surface area (Å²) in [5.74, 6) is 1.00. The molecule has 19 heavy (non-hydrogen) atoms. The van der Waals surface area contributed by atoms with Gasteiger partial charge in [0.1, 0.15) is 0 Å². The molecule has 0 unspecified atom stereocenters. The van der Waals surface area contributed by atoms with Crippen LogP contribution in [0.25, 0.3) is 0 Å². The lowest BCUT2D eigenvalue weighted by atomic mass is 10.1. The number of rotatable bonds is 5.